The highest BCUT2D eigenvalue weighted by molar-refractivity contribution is 5.85. The number of rotatable bonds is 8. The number of hydrogen-bond acceptors (Lipinski definition) is 5. The largest absolute Gasteiger partial charge is 0.492 e. The highest BCUT2D eigenvalue weighted by Crippen LogP contribution is 2.49. The maximum atomic E-state index is 10.9. The molecule has 0 atom stereocenters. The van der Waals surface area contributed by atoms with Crippen molar-refractivity contribution in [1.29, 1.82) is 0 Å². The molecule has 0 radical (unpaired) electrons. The summed E-state index contributed by atoms with van der Waals surface area (Å²) >= 11 is 0. The van der Waals surface area contributed by atoms with Gasteiger partial charge in [-0.1, -0.05) is 24.3 Å². The maximum absolute atomic E-state index is 10.9. The van der Waals surface area contributed by atoms with Gasteiger partial charge in [0.2, 0.25) is 11.5 Å². The molecule has 2 rings (SSSR count). The molecule has 1 N–H and O–H groups in total. The second-order valence-electron chi connectivity index (χ2n) is 5.78. The number of aliphatic carboxylic acids is 1. The van der Waals surface area contributed by atoms with E-state index in [1.165, 1.54) is 0 Å². The number of carbonyl (C=O) groups is 1. The van der Waals surface area contributed by atoms with Gasteiger partial charge in [0.15, 0.2) is 11.5 Å². The molecule has 27 heavy (non-hydrogen) atoms. The van der Waals surface area contributed by atoms with Gasteiger partial charge in [0.05, 0.1) is 28.4 Å². The SMILES string of the molecule is COc1c(C)c(Cc2ccccc2C=CC(=O)O)c(OC)c(OC)c1OC. The molecule has 0 aromatic heterocycles. The van der Waals surface area contributed by atoms with Crippen LogP contribution in [0.25, 0.3) is 6.08 Å². The van der Waals surface area contributed by atoms with Gasteiger partial charge >= 0.3 is 5.97 Å². The zero-order valence-corrected chi connectivity index (χ0v) is 16.2. The zero-order valence-electron chi connectivity index (χ0n) is 16.2. The van der Waals surface area contributed by atoms with Crippen molar-refractivity contribution >= 4 is 12.0 Å². The Labute approximate surface area is 158 Å². The number of carboxylic acids is 1. The first-order chi connectivity index (χ1) is 13.0. The van der Waals surface area contributed by atoms with Gasteiger partial charge in [-0.15, -0.1) is 0 Å². The summed E-state index contributed by atoms with van der Waals surface area (Å²) in [5.41, 5.74) is 3.51. The maximum Gasteiger partial charge on any atom is 0.328 e. The fourth-order valence-corrected chi connectivity index (χ4v) is 3.08. The van der Waals surface area contributed by atoms with Crippen LogP contribution in [0.15, 0.2) is 30.3 Å². The molecule has 2 aromatic carbocycles. The molecule has 0 aliphatic carbocycles. The molecular formula is C21H24O6. The average molecular weight is 372 g/mol. The third-order valence-electron chi connectivity index (χ3n) is 4.33. The molecular weight excluding hydrogens is 348 g/mol. The molecule has 0 saturated carbocycles. The minimum absolute atomic E-state index is 0.455. The van der Waals surface area contributed by atoms with Crippen LogP contribution in [0.5, 0.6) is 23.0 Å². The minimum atomic E-state index is -0.994. The average Bonchev–Trinajstić information content (AvgIpc) is 2.67. The molecule has 0 aliphatic rings. The number of methoxy groups -OCH3 is 4. The quantitative estimate of drug-likeness (QED) is 0.712. The summed E-state index contributed by atoms with van der Waals surface area (Å²) in [5.74, 6) is 1.06. The van der Waals surface area contributed by atoms with Crippen LogP contribution in [-0.2, 0) is 11.2 Å². The van der Waals surface area contributed by atoms with Gasteiger partial charge in [-0.2, -0.15) is 0 Å². The Morgan fingerprint density at radius 1 is 0.926 bits per heavy atom. The standard InChI is InChI=1S/C21H24O6/c1-13-16(12-15-9-7-6-8-14(15)10-11-17(22)23)19(25-3)21(27-5)20(26-4)18(13)24-2/h6-11H,12H2,1-5H3,(H,22,23). The predicted molar refractivity (Wildman–Crippen MR) is 103 cm³/mol. The van der Waals surface area contributed by atoms with Crippen LogP contribution >= 0.6 is 0 Å². The van der Waals surface area contributed by atoms with Crippen molar-refractivity contribution in [1.82, 2.24) is 0 Å². The van der Waals surface area contributed by atoms with Crippen molar-refractivity contribution in [2.45, 2.75) is 13.3 Å². The molecule has 6 nitrogen and oxygen atoms in total. The predicted octanol–water partition coefficient (Wildman–Crippen LogP) is 3.72. The first-order valence-corrected chi connectivity index (χ1v) is 8.32. The summed E-state index contributed by atoms with van der Waals surface area (Å²) in [5, 5.41) is 8.92. The van der Waals surface area contributed by atoms with E-state index in [0.717, 1.165) is 28.3 Å². The van der Waals surface area contributed by atoms with Crippen LogP contribution in [0.3, 0.4) is 0 Å². The van der Waals surface area contributed by atoms with Crippen molar-refractivity contribution in [3.8, 4) is 23.0 Å². The molecule has 0 bridgehead atoms. The second kappa shape index (κ2) is 8.98. The van der Waals surface area contributed by atoms with E-state index >= 15 is 0 Å². The van der Waals surface area contributed by atoms with Crippen LogP contribution in [0.4, 0.5) is 0 Å². The summed E-state index contributed by atoms with van der Waals surface area (Å²) in [4.78, 5) is 10.9. The topological polar surface area (TPSA) is 74.2 Å². The monoisotopic (exact) mass is 372 g/mol. The van der Waals surface area contributed by atoms with Crippen LogP contribution in [0.2, 0.25) is 0 Å². The summed E-state index contributed by atoms with van der Waals surface area (Å²) in [6.07, 6.45) is 3.21. The van der Waals surface area contributed by atoms with Gasteiger partial charge in [0.25, 0.3) is 0 Å². The van der Waals surface area contributed by atoms with Crippen molar-refractivity contribution < 1.29 is 28.8 Å². The van der Waals surface area contributed by atoms with Gasteiger partial charge in [-0.25, -0.2) is 4.79 Å². The third kappa shape index (κ3) is 4.16. The van der Waals surface area contributed by atoms with Crippen molar-refractivity contribution in [3.05, 3.63) is 52.6 Å². The van der Waals surface area contributed by atoms with E-state index in [0.29, 0.717) is 29.4 Å². The van der Waals surface area contributed by atoms with Crippen LogP contribution in [0, 0.1) is 6.92 Å². The van der Waals surface area contributed by atoms with Crippen molar-refractivity contribution in [3.63, 3.8) is 0 Å². The highest BCUT2D eigenvalue weighted by atomic mass is 16.5. The lowest BCUT2D eigenvalue weighted by molar-refractivity contribution is -0.131. The fourth-order valence-electron chi connectivity index (χ4n) is 3.08. The number of ether oxygens (including phenoxy) is 4. The van der Waals surface area contributed by atoms with Crippen LogP contribution < -0.4 is 18.9 Å². The van der Waals surface area contributed by atoms with Crippen molar-refractivity contribution in [2.75, 3.05) is 28.4 Å². The molecule has 0 spiro atoms. The smallest absolute Gasteiger partial charge is 0.328 e. The van der Waals surface area contributed by atoms with E-state index in [1.54, 1.807) is 34.5 Å². The molecule has 0 amide bonds. The first-order valence-electron chi connectivity index (χ1n) is 8.32. The summed E-state index contributed by atoms with van der Waals surface area (Å²) < 4.78 is 22.2. The Morgan fingerprint density at radius 3 is 2.04 bits per heavy atom. The lowest BCUT2D eigenvalue weighted by atomic mass is 9.94. The first kappa shape index (κ1) is 20.2. The van der Waals surface area contributed by atoms with E-state index in [-0.39, 0.29) is 0 Å². The molecule has 0 saturated heterocycles. The van der Waals surface area contributed by atoms with E-state index in [4.69, 9.17) is 24.1 Å². The molecule has 2 aromatic rings. The van der Waals surface area contributed by atoms with E-state index < -0.39 is 5.97 Å². The number of carboxylic acid groups (broad SMARTS) is 1. The minimum Gasteiger partial charge on any atom is -0.492 e. The van der Waals surface area contributed by atoms with Gasteiger partial charge in [0.1, 0.15) is 0 Å². The van der Waals surface area contributed by atoms with Gasteiger partial charge in [-0.3, -0.25) is 0 Å². The Kier molecular flexibility index (Phi) is 6.71. The highest BCUT2D eigenvalue weighted by Gasteiger charge is 2.25. The van der Waals surface area contributed by atoms with Gasteiger partial charge in [-0.05, 0) is 24.1 Å². The zero-order chi connectivity index (χ0) is 20.0. The van der Waals surface area contributed by atoms with E-state index in [2.05, 4.69) is 0 Å². The number of benzene rings is 2. The van der Waals surface area contributed by atoms with Crippen molar-refractivity contribution in [2.24, 2.45) is 0 Å². The fraction of sp³-hybridized carbons (Fsp3) is 0.286. The summed E-state index contributed by atoms with van der Waals surface area (Å²) in [6.45, 7) is 1.92. The third-order valence-corrected chi connectivity index (χ3v) is 4.33. The lowest BCUT2D eigenvalue weighted by Gasteiger charge is -2.22. The Bertz CT molecular complexity index is 854. The van der Waals surface area contributed by atoms with Gasteiger partial charge < -0.3 is 24.1 Å². The molecule has 0 fully saturated rings. The molecule has 6 heteroatoms. The second-order valence-corrected chi connectivity index (χ2v) is 5.78. The Morgan fingerprint density at radius 2 is 1.48 bits per heavy atom. The Hall–Kier alpha value is -3.15. The van der Waals surface area contributed by atoms with E-state index in [9.17, 15) is 4.79 Å². The van der Waals surface area contributed by atoms with Crippen LogP contribution in [-0.4, -0.2) is 39.5 Å². The lowest BCUT2D eigenvalue weighted by Crippen LogP contribution is -2.06. The van der Waals surface area contributed by atoms with E-state index in [1.807, 2.05) is 31.2 Å². The van der Waals surface area contributed by atoms with Gasteiger partial charge in [0, 0.05) is 23.6 Å². The number of hydrogen-bond donors (Lipinski definition) is 1. The molecule has 144 valence electrons. The van der Waals surface area contributed by atoms with Crippen LogP contribution in [0.1, 0.15) is 22.3 Å². The normalized spacial score (nSPS) is 10.7. The summed E-state index contributed by atoms with van der Waals surface area (Å²) in [6, 6.07) is 7.59. The Balaban J connectivity index is 2.65. The molecule has 0 heterocycles. The summed E-state index contributed by atoms with van der Waals surface area (Å²) in [7, 11) is 6.24. The molecule has 0 unspecified atom stereocenters. The molecule has 0 aliphatic heterocycles.